The maximum Gasteiger partial charge on any atom is 0.288 e. The van der Waals surface area contributed by atoms with Crippen LogP contribution < -0.4 is 5.32 Å². The molecule has 0 saturated carbocycles. The Bertz CT molecular complexity index is 674. The molecule has 0 spiro atoms. The van der Waals surface area contributed by atoms with Crippen LogP contribution in [-0.4, -0.2) is 10.8 Å². The molecule has 1 amide bonds. The van der Waals surface area contributed by atoms with E-state index in [1.165, 1.54) is 18.2 Å². The monoisotopic (exact) mass is 402 g/mol. The van der Waals surface area contributed by atoms with Crippen LogP contribution in [0.2, 0.25) is 5.02 Å². The number of carbonyl (C=O) groups is 1. The minimum absolute atomic E-state index is 0.0181. The van der Waals surface area contributed by atoms with Gasteiger partial charge in [-0.25, -0.2) is 0 Å². The van der Waals surface area contributed by atoms with Crippen LogP contribution in [0.5, 0.6) is 0 Å². The van der Waals surface area contributed by atoms with Crippen molar-refractivity contribution in [2.75, 3.05) is 5.32 Å². The Hall–Kier alpha value is -1.67. The number of nitro groups is 1. The Morgan fingerprint density at radius 3 is 2.40 bits per heavy atom. The Balaban J connectivity index is 2.18. The first kappa shape index (κ1) is 14.7. The lowest BCUT2D eigenvalue weighted by atomic mass is 10.2. The van der Waals surface area contributed by atoms with Crippen LogP contribution in [0.3, 0.4) is 0 Å². The van der Waals surface area contributed by atoms with Gasteiger partial charge < -0.3 is 5.32 Å². The summed E-state index contributed by atoms with van der Waals surface area (Å²) in [7, 11) is 0. The second kappa shape index (κ2) is 6.19. The number of hydrogen-bond donors (Lipinski definition) is 1. The first-order valence-corrected chi connectivity index (χ1v) is 6.94. The van der Waals surface area contributed by atoms with Crippen molar-refractivity contribution in [3.8, 4) is 0 Å². The SMILES string of the molecule is O=C(Nc1ccc([N+](=O)[O-])c(Cl)c1)c1ccc(I)cc1. The first-order valence-electron chi connectivity index (χ1n) is 5.48. The van der Waals surface area contributed by atoms with E-state index in [0.717, 1.165) is 3.57 Å². The van der Waals surface area contributed by atoms with Crippen LogP contribution in [0.15, 0.2) is 42.5 Å². The van der Waals surface area contributed by atoms with E-state index in [9.17, 15) is 14.9 Å². The van der Waals surface area contributed by atoms with Crippen molar-refractivity contribution < 1.29 is 9.72 Å². The van der Waals surface area contributed by atoms with Gasteiger partial charge >= 0.3 is 0 Å². The highest BCUT2D eigenvalue weighted by Crippen LogP contribution is 2.27. The average Bonchev–Trinajstić information content (AvgIpc) is 2.39. The minimum atomic E-state index is -0.576. The molecule has 0 heterocycles. The van der Waals surface area contributed by atoms with E-state index in [-0.39, 0.29) is 16.6 Å². The van der Waals surface area contributed by atoms with Gasteiger partial charge in [-0.2, -0.15) is 0 Å². The number of hydrogen-bond acceptors (Lipinski definition) is 3. The molecule has 0 aromatic heterocycles. The maximum atomic E-state index is 12.0. The normalized spacial score (nSPS) is 10.1. The van der Waals surface area contributed by atoms with Crippen molar-refractivity contribution >= 4 is 51.5 Å². The van der Waals surface area contributed by atoms with Gasteiger partial charge in [0.2, 0.25) is 0 Å². The number of halogens is 2. The number of anilines is 1. The fourth-order valence-electron chi connectivity index (χ4n) is 1.54. The summed E-state index contributed by atoms with van der Waals surface area (Å²) < 4.78 is 1.03. The summed E-state index contributed by atoms with van der Waals surface area (Å²) in [5, 5.41) is 13.3. The van der Waals surface area contributed by atoms with E-state index in [0.29, 0.717) is 11.3 Å². The minimum Gasteiger partial charge on any atom is -0.322 e. The van der Waals surface area contributed by atoms with E-state index >= 15 is 0 Å². The lowest BCUT2D eigenvalue weighted by molar-refractivity contribution is -0.384. The molecule has 0 saturated heterocycles. The molecule has 5 nitrogen and oxygen atoms in total. The number of nitrogens with one attached hydrogen (secondary N) is 1. The molecule has 2 aromatic carbocycles. The van der Waals surface area contributed by atoms with Crippen LogP contribution in [0.1, 0.15) is 10.4 Å². The highest BCUT2D eigenvalue weighted by molar-refractivity contribution is 14.1. The lowest BCUT2D eigenvalue weighted by Gasteiger charge is -2.06. The number of benzene rings is 2. The Morgan fingerprint density at radius 2 is 1.85 bits per heavy atom. The topological polar surface area (TPSA) is 72.2 Å². The molecule has 0 aliphatic rings. The van der Waals surface area contributed by atoms with Gasteiger partial charge in [-0.05, 0) is 59.0 Å². The van der Waals surface area contributed by atoms with Crippen LogP contribution in [0.25, 0.3) is 0 Å². The number of nitrogens with zero attached hydrogens (tertiary/aromatic N) is 1. The van der Waals surface area contributed by atoms with Crippen molar-refractivity contribution in [3.05, 3.63) is 66.7 Å². The predicted octanol–water partition coefficient (Wildman–Crippen LogP) is 4.11. The summed E-state index contributed by atoms with van der Waals surface area (Å²) in [4.78, 5) is 22.0. The second-order valence-electron chi connectivity index (χ2n) is 3.88. The highest BCUT2D eigenvalue weighted by Gasteiger charge is 2.13. The maximum absolute atomic E-state index is 12.0. The third kappa shape index (κ3) is 3.45. The zero-order valence-electron chi connectivity index (χ0n) is 9.97. The third-order valence-electron chi connectivity index (χ3n) is 2.51. The van der Waals surface area contributed by atoms with E-state index < -0.39 is 4.92 Å². The van der Waals surface area contributed by atoms with Crippen molar-refractivity contribution in [2.45, 2.75) is 0 Å². The molecule has 1 N–H and O–H groups in total. The number of carbonyl (C=O) groups excluding carboxylic acids is 1. The van der Waals surface area contributed by atoms with Crippen molar-refractivity contribution in [2.24, 2.45) is 0 Å². The van der Waals surface area contributed by atoms with Gasteiger partial charge in [0.05, 0.1) is 4.92 Å². The Morgan fingerprint density at radius 1 is 1.20 bits per heavy atom. The molecule has 2 rings (SSSR count). The van der Waals surface area contributed by atoms with Crippen LogP contribution >= 0.6 is 34.2 Å². The van der Waals surface area contributed by atoms with Gasteiger partial charge in [0.1, 0.15) is 5.02 Å². The fourth-order valence-corrected chi connectivity index (χ4v) is 2.15. The summed E-state index contributed by atoms with van der Waals surface area (Å²) in [6.07, 6.45) is 0. The van der Waals surface area contributed by atoms with Crippen LogP contribution in [0.4, 0.5) is 11.4 Å². The number of nitro benzene ring substituents is 1. The largest absolute Gasteiger partial charge is 0.322 e. The van der Waals surface area contributed by atoms with Crippen molar-refractivity contribution in [1.29, 1.82) is 0 Å². The molecular weight excluding hydrogens is 395 g/mol. The molecule has 0 atom stereocenters. The lowest BCUT2D eigenvalue weighted by Crippen LogP contribution is -2.11. The molecule has 0 fully saturated rings. The molecule has 0 aliphatic heterocycles. The highest BCUT2D eigenvalue weighted by atomic mass is 127. The van der Waals surface area contributed by atoms with Gasteiger partial charge in [0.25, 0.3) is 11.6 Å². The van der Waals surface area contributed by atoms with E-state index in [2.05, 4.69) is 27.9 Å². The number of amides is 1. The molecule has 102 valence electrons. The molecule has 20 heavy (non-hydrogen) atoms. The molecule has 0 radical (unpaired) electrons. The smallest absolute Gasteiger partial charge is 0.288 e. The zero-order valence-corrected chi connectivity index (χ0v) is 12.9. The average molecular weight is 403 g/mol. The van der Waals surface area contributed by atoms with Gasteiger partial charge in [-0.15, -0.1) is 0 Å². The van der Waals surface area contributed by atoms with Gasteiger partial charge in [-0.3, -0.25) is 14.9 Å². The van der Waals surface area contributed by atoms with Crippen LogP contribution in [0, 0.1) is 13.7 Å². The van der Waals surface area contributed by atoms with E-state index in [1.54, 1.807) is 12.1 Å². The van der Waals surface area contributed by atoms with Gasteiger partial charge in [0.15, 0.2) is 0 Å². The number of rotatable bonds is 3. The zero-order chi connectivity index (χ0) is 14.7. The van der Waals surface area contributed by atoms with Gasteiger partial charge in [-0.1, -0.05) is 11.6 Å². The molecule has 2 aromatic rings. The molecule has 7 heteroatoms. The van der Waals surface area contributed by atoms with Gasteiger partial charge in [0, 0.05) is 20.9 Å². The summed E-state index contributed by atoms with van der Waals surface area (Å²) >= 11 is 7.93. The summed E-state index contributed by atoms with van der Waals surface area (Å²) in [6, 6.07) is 11.1. The third-order valence-corrected chi connectivity index (χ3v) is 3.53. The fraction of sp³-hybridized carbons (Fsp3) is 0. The molecule has 0 bridgehead atoms. The summed E-state index contributed by atoms with van der Waals surface area (Å²) in [5.41, 5.74) is 0.711. The summed E-state index contributed by atoms with van der Waals surface area (Å²) in [6.45, 7) is 0. The molecule has 0 aliphatic carbocycles. The quantitative estimate of drug-likeness (QED) is 0.477. The predicted molar refractivity (Wildman–Crippen MR) is 85.2 cm³/mol. The van der Waals surface area contributed by atoms with Crippen LogP contribution in [-0.2, 0) is 0 Å². The van der Waals surface area contributed by atoms with E-state index in [4.69, 9.17) is 11.6 Å². The molecular formula is C13H8ClIN2O3. The Kier molecular flexibility index (Phi) is 4.56. The summed E-state index contributed by atoms with van der Waals surface area (Å²) in [5.74, 6) is -0.300. The molecule has 0 unspecified atom stereocenters. The van der Waals surface area contributed by atoms with E-state index in [1.807, 2.05) is 12.1 Å². The standard InChI is InChI=1S/C13H8ClIN2O3/c14-11-7-10(5-6-12(11)17(19)20)16-13(18)8-1-3-9(15)4-2-8/h1-7H,(H,16,18). The second-order valence-corrected chi connectivity index (χ2v) is 5.54. The van der Waals surface area contributed by atoms with Crippen molar-refractivity contribution in [1.82, 2.24) is 0 Å². The first-order chi connectivity index (χ1) is 9.47. The van der Waals surface area contributed by atoms with Crippen molar-refractivity contribution in [3.63, 3.8) is 0 Å². The Labute approximate surface area is 133 Å².